The SMILES string of the molecule is Cc1ccc(C(=O)C(C)C(=O)C(C)C)c(C)c1. The van der Waals surface area contributed by atoms with Gasteiger partial charge in [0.1, 0.15) is 5.78 Å². The Morgan fingerprint density at radius 2 is 1.65 bits per heavy atom. The van der Waals surface area contributed by atoms with Gasteiger partial charge in [0.15, 0.2) is 5.78 Å². The first-order valence-corrected chi connectivity index (χ1v) is 5.99. The van der Waals surface area contributed by atoms with Crippen LogP contribution in [0.3, 0.4) is 0 Å². The van der Waals surface area contributed by atoms with Crippen LogP contribution in [0, 0.1) is 25.7 Å². The number of benzene rings is 1. The number of rotatable bonds is 4. The van der Waals surface area contributed by atoms with Gasteiger partial charge in [-0.05, 0) is 26.3 Å². The minimum Gasteiger partial charge on any atom is -0.299 e. The van der Waals surface area contributed by atoms with E-state index in [1.165, 1.54) is 0 Å². The van der Waals surface area contributed by atoms with Gasteiger partial charge < -0.3 is 0 Å². The lowest BCUT2D eigenvalue weighted by Crippen LogP contribution is -2.25. The summed E-state index contributed by atoms with van der Waals surface area (Å²) in [5.41, 5.74) is 2.73. The highest BCUT2D eigenvalue weighted by Crippen LogP contribution is 2.18. The van der Waals surface area contributed by atoms with Crippen molar-refractivity contribution in [2.45, 2.75) is 34.6 Å². The molecule has 0 bridgehead atoms. The van der Waals surface area contributed by atoms with Crippen molar-refractivity contribution in [3.63, 3.8) is 0 Å². The third kappa shape index (κ3) is 3.02. The first-order chi connectivity index (χ1) is 7.84. The number of aryl methyl sites for hydroxylation is 2. The van der Waals surface area contributed by atoms with Crippen LogP contribution in [0.15, 0.2) is 18.2 Å². The summed E-state index contributed by atoms with van der Waals surface area (Å²) >= 11 is 0. The van der Waals surface area contributed by atoms with Crippen molar-refractivity contribution in [3.8, 4) is 0 Å². The zero-order valence-electron chi connectivity index (χ0n) is 11.2. The van der Waals surface area contributed by atoms with Crippen molar-refractivity contribution in [2.75, 3.05) is 0 Å². The molecule has 0 aliphatic carbocycles. The van der Waals surface area contributed by atoms with Gasteiger partial charge in [-0.25, -0.2) is 0 Å². The number of hydrogen-bond donors (Lipinski definition) is 0. The van der Waals surface area contributed by atoms with Gasteiger partial charge in [-0.3, -0.25) is 9.59 Å². The summed E-state index contributed by atoms with van der Waals surface area (Å²) in [6.45, 7) is 9.25. The largest absolute Gasteiger partial charge is 0.299 e. The van der Waals surface area contributed by atoms with Crippen molar-refractivity contribution < 1.29 is 9.59 Å². The predicted molar refractivity (Wildman–Crippen MR) is 69.3 cm³/mol. The molecule has 0 heterocycles. The standard InChI is InChI=1S/C15H20O2/c1-9(2)14(16)12(5)15(17)13-7-6-10(3)8-11(13)4/h6-9,12H,1-5H3. The van der Waals surface area contributed by atoms with Gasteiger partial charge in [0, 0.05) is 11.5 Å². The van der Waals surface area contributed by atoms with Gasteiger partial charge in [0.2, 0.25) is 0 Å². The Balaban J connectivity index is 3.01. The van der Waals surface area contributed by atoms with E-state index in [4.69, 9.17) is 0 Å². The lowest BCUT2D eigenvalue weighted by atomic mass is 9.88. The second-order valence-corrected chi connectivity index (χ2v) is 4.96. The summed E-state index contributed by atoms with van der Waals surface area (Å²) in [6.07, 6.45) is 0. The fraction of sp³-hybridized carbons (Fsp3) is 0.467. The molecule has 1 rings (SSSR count). The Kier molecular flexibility index (Phi) is 4.22. The molecular weight excluding hydrogens is 212 g/mol. The Labute approximate surface area is 103 Å². The van der Waals surface area contributed by atoms with E-state index in [0.29, 0.717) is 5.56 Å². The Hall–Kier alpha value is -1.44. The molecule has 1 aromatic carbocycles. The fourth-order valence-electron chi connectivity index (χ4n) is 1.95. The first kappa shape index (κ1) is 13.6. The molecule has 0 amide bonds. The lowest BCUT2D eigenvalue weighted by Gasteiger charge is -2.13. The third-order valence-electron chi connectivity index (χ3n) is 3.04. The number of Topliss-reactive ketones (excluding diaryl/α,β-unsaturated/α-hetero) is 2. The quantitative estimate of drug-likeness (QED) is 0.589. The Morgan fingerprint density at radius 1 is 1.06 bits per heavy atom. The van der Waals surface area contributed by atoms with Gasteiger partial charge in [-0.1, -0.05) is 37.6 Å². The average molecular weight is 232 g/mol. The molecule has 2 heteroatoms. The van der Waals surface area contributed by atoms with Crippen molar-refractivity contribution in [3.05, 3.63) is 34.9 Å². The topological polar surface area (TPSA) is 34.1 Å². The van der Waals surface area contributed by atoms with Crippen LogP contribution in [0.25, 0.3) is 0 Å². The summed E-state index contributed by atoms with van der Waals surface area (Å²) in [4.78, 5) is 24.0. The predicted octanol–water partition coefficient (Wildman–Crippen LogP) is 3.35. The van der Waals surface area contributed by atoms with Gasteiger partial charge in [-0.15, -0.1) is 0 Å². The molecule has 0 spiro atoms. The van der Waals surface area contributed by atoms with Crippen LogP contribution in [-0.2, 0) is 4.79 Å². The van der Waals surface area contributed by atoms with Crippen LogP contribution in [0.4, 0.5) is 0 Å². The van der Waals surface area contributed by atoms with Crippen LogP contribution in [-0.4, -0.2) is 11.6 Å². The number of carbonyl (C=O) groups excluding carboxylic acids is 2. The minimum atomic E-state index is -0.545. The van der Waals surface area contributed by atoms with Gasteiger partial charge >= 0.3 is 0 Å². The molecule has 0 saturated heterocycles. The van der Waals surface area contributed by atoms with E-state index >= 15 is 0 Å². The van der Waals surface area contributed by atoms with Crippen LogP contribution in [0.5, 0.6) is 0 Å². The molecule has 17 heavy (non-hydrogen) atoms. The molecule has 1 atom stereocenters. The van der Waals surface area contributed by atoms with Crippen molar-refractivity contribution >= 4 is 11.6 Å². The molecule has 0 aromatic heterocycles. The summed E-state index contributed by atoms with van der Waals surface area (Å²) in [6, 6.07) is 5.70. The normalized spacial score (nSPS) is 12.6. The van der Waals surface area contributed by atoms with E-state index in [2.05, 4.69) is 0 Å². The van der Waals surface area contributed by atoms with E-state index < -0.39 is 5.92 Å². The average Bonchev–Trinajstić information content (AvgIpc) is 2.26. The summed E-state index contributed by atoms with van der Waals surface area (Å²) in [5, 5.41) is 0. The van der Waals surface area contributed by atoms with Crippen molar-refractivity contribution in [1.82, 2.24) is 0 Å². The van der Waals surface area contributed by atoms with E-state index in [0.717, 1.165) is 11.1 Å². The van der Waals surface area contributed by atoms with Crippen molar-refractivity contribution in [2.24, 2.45) is 11.8 Å². The molecule has 1 aromatic rings. The summed E-state index contributed by atoms with van der Waals surface area (Å²) in [7, 11) is 0. The molecule has 0 fully saturated rings. The maximum absolute atomic E-state index is 12.2. The second kappa shape index (κ2) is 5.26. The molecule has 0 N–H and O–H groups in total. The van der Waals surface area contributed by atoms with Crippen LogP contribution >= 0.6 is 0 Å². The van der Waals surface area contributed by atoms with Crippen LogP contribution in [0.2, 0.25) is 0 Å². The first-order valence-electron chi connectivity index (χ1n) is 5.99. The van der Waals surface area contributed by atoms with Gasteiger partial charge in [-0.2, -0.15) is 0 Å². The Morgan fingerprint density at radius 3 is 2.12 bits per heavy atom. The van der Waals surface area contributed by atoms with Crippen LogP contribution < -0.4 is 0 Å². The van der Waals surface area contributed by atoms with Crippen molar-refractivity contribution in [1.29, 1.82) is 0 Å². The monoisotopic (exact) mass is 232 g/mol. The molecule has 1 unspecified atom stereocenters. The Bertz CT molecular complexity index is 444. The molecule has 0 radical (unpaired) electrons. The third-order valence-corrected chi connectivity index (χ3v) is 3.04. The highest BCUT2D eigenvalue weighted by molar-refractivity contribution is 6.11. The zero-order chi connectivity index (χ0) is 13.2. The summed E-state index contributed by atoms with van der Waals surface area (Å²) < 4.78 is 0. The molecular formula is C15H20O2. The smallest absolute Gasteiger partial charge is 0.173 e. The van der Waals surface area contributed by atoms with Gasteiger partial charge in [0.05, 0.1) is 5.92 Å². The number of hydrogen-bond acceptors (Lipinski definition) is 2. The summed E-state index contributed by atoms with van der Waals surface area (Å²) in [5.74, 6) is -0.702. The molecule has 92 valence electrons. The zero-order valence-corrected chi connectivity index (χ0v) is 11.2. The minimum absolute atomic E-state index is 0.00924. The molecule has 0 aliphatic heterocycles. The number of ketones is 2. The highest BCUT2D eigenvalue weighted by atomic mass is 16.2. The fourth-order valence-corrected chi connectivity index (χ4v) is 1.95. The number of carbonyl (C=O) groups is 2. The lowest BCUT2D eigenvalue weighted by molar-refractivity contribution is -0.123. The molecule has 0 aliphatic rings. The maximum atomic E-state index is 12.2. The highest BCUT2D eigenvalue weighted by Gasteiger charge is 2.25. The second-order valence-electron chi connectivity index (χ2n) is 4.96. The van der Waals surface area contributed by atoms with E-state index in [9.17, 15) is 9.59 Å². The van der Waals surface area contributed by atoms with Crippen LogP contribution in [0.1, 0.15) is 42.3 Å². The van der Waals surface area contributed by atoms with E-state index in [-0.39, 0.29) is 17.5 Å². The van der Waals surface area contributed by atoms with E-state index in [1.54, 1.807) is 6.92 Å². The van der Waals surface area contributed by atoms with E-state index in [1.807, 2.05) is 45.9 Å². The molecule has 2 nitrogen and oxygen atoms in total. The maximum Gasteiger partial charge on any atom is 0.173 e. The molecule has 0 saturated carbocycles. The van der Waals surface area contributed by atoms with Gasteiger partial charge in [0.25, 0.3) is 0 Å².